The van der Waals surface area contributed by atoms with Crippen LogP contribution in [0.15, 0.2) is 54.6 Å². The van der Waals surface area contributed by atoms with Crippen molar-refractivity contribution in [3.05, 3.63) is 65.7 Å². The Morgan fingerprint density at radius 1 is 0.739 bits per heavy atom. The fourth-order valence-electron chi connectivity index (χ4n) is 2.70. The molecule has 3 rings (SSSR count). The molecule has 3 aromatic rings. The van der Waals surface area contributed by atoms with Crippen molar-refractivity contribution in [2.24, 2.45) is 11.5 Å². The zero-order valence-electron chi connectivity index (χ0n) is 12.2. The van der Waals surface area contributed by atoms with Crippen LogP contribution < -0.4 is 17.2 Å². The number of hydrogen-bond acceptors (Lipinski definition) is 3. The number of hydrogen-bond donors (Lipinski definition) is 3. The van der Waals surface area contributed by atoms with Gasteiger partial charge in [-0.3, -0.25) is 9.59 Å². The predicted octanol–water partition coefficient (Wildman–Crippen LogP) is 2.29. The molecule has 0 aliphatic rings. The largest absolute Gasteiger partial charge is 0.398 e. The van der Waals surface area contributed by atoms with E-state index in [2.05, 4.69) is 0 Å². The number of carbonyl (C=O) groups is 2. The van der Waals surface area contributed by atoms with E-state index < -0.39 is 11.8 Å². The maximum atomic E-state index is 11.8. The minimum Gasteiger partial charge on any atom is -0.398 e. The zero-order valence-corrected chi connectivity index (χ0v) is 12.2. The lowest BCUT2D eigenvalue weighted by Gasteiger charge is -2.12. The predicted molar refractivity (Wildman–Crippen MR) is 90.8 cm³/mol. The van der Waals surface area contributed by atoms with E-state index >= 15 is 0 Å². The van der Waals surface area contributed by atoms with Gasteiger partial charge in [-0.05, 0) is 40.8 Å². The number of rotatable bonds is 3. The van der Waals surface area contributed by atoms with Crippen molar-refractivity contribution in [2.75, 3.05) is 5.73 Å². The van der Waals surface area contributed by atoms with Gasteiger partial charge in [-0.2, -0.15) is 0 Å². The van der Waals surface area contributed by atoms with Crippen LogP contribution in [0.1, 0.15) is 20.7 Å². The summed E-state index contributed by atoms with van der Waals surface area (Å²) in [4.78, 5) is 23.2. The first-order valence-corrected chi connectivity index (χ1v) is 7.00. The van der Waals surface area contributed by atoms with Crippen LogP contribution in [0.25, 0.3) is 21.9 Å². The van der Waals surface area contributed by atoms with Crippen LogP contribution >= 0.6 is 0 Å². The molecule has 3 aromatic carbocycles. The SMILES string of the molecule is NC(=O)c1ccc(C(N)=O)c(-c2cccc3c(N)cccc23)c1. The van der Waals surface area contributed by atoms with Crippen LogP contribution in [0, 0.1) is 0 Å². The van der Waals surface area contributed by atoms with Crippen LogP contribution in [0.5, 0.6) is 0 Å². The summed E-state index contributed by atoms with van der Waals surface area (Å²) >= 11 is 0. The Morgan fingerprint density at radius 3 is 2.13 bits per heavy atom. The molecule has 0 aromatic heterocycles. The van der Waals surface area contributed by atoms with Crippen molar-refractivity contribution in [3.63, 3.8) is 0 Å². The second kappa shape index (κ2) is 5.46. The molecule has 0 fully saturated rings. The number of benzene rings is 3. The van der Waals surface area contributed by atoms with Gasteiger partial charge in [-0.1, -0.05) is 30.3 Å². The average Bonchev–Trinajstić information content (AvgIpc) is 2.54. The van der Waals surface area contributed by atoms with Crippen molar-refractivity contribution in [1.82, 2.24) is 0 Å². The Morgan fingerprint density at radius 2 is 1.43 bits per heavy atom. The summed E-state index contributed by atoms with van der Waals surface area (Å²) < 4.78 is 0. The summed E-state index contributed by atoms with van der Waals surface area (Å²) in [6, 6.07) is 15.7. The lowest BCUT2D eigenvalue weighted by molar-refractivity contribution is 0.0989. The van der Waals surface area contributed by atoms with Gasteiger partial charge >= 0.3 is 0 Å². The van der Waals surface area contributed by atoms with Gasteiger partial charge in [0, 0.05) is 22.2 Å². The molecule has 0 unspecified atom stereocenters. The number of carbonyl (C=O) groups excluding carboxylic acids is 2. The third-order valence-electron chi connectivity index (χ3n) is 3.82. The molecule has 0 spiro atoms. The van der Waals surface area contributed by atoms with E-state index in [1.54, 1.807) is 12.1 Å². The van der Waals surface area contributed by atoms with Gasteiger partial charge in [0.15, 0.2) is 0 Å². The van der Waals surface area contributed by atoms with E-state index in [0.29, 0.717) is 22.4 Å². The van der Waals surface area contributed by atoms with Crippen LogP contribution in [0.2, 0.25) is 0 Å². The van der Waals surface area contributed by atoms with Crippen molar-refractivity contribution < 1.29 is 9.59 Å². The average molecular weight is 305 g/mol. The summed E-state index contributed by atoms with van der Waals surface area (Å²) in [5.74, 6) is -1.14. The molecule has 6 N–H and O–H groups in total. The van der Waals surface area contributed by atoms with Gasteiger partial charge in [0.2, 0.25) is 11.8 Å². The number of nitrogen functional groups attached to an aromatic ring is 1. The van der Waals surface area contributed by atoms with Crippen LogP contribution in [0.3, 0.4) is 0 Å². The highest BCUT2D eigenvalue weighted by molar-refractivity contribution is 6.09. The highest BCUT2D eigenvalue weighted by Gasteiger charge is 2.15. The Hall–Kier alpha value is -3.34. The molecule has 5 nitrogen and oxygen atoms in total. The van der Waals surface area contributed by atoms with Crippen LogP contribution in [-0.2, 0) is 0 Å². The lowest BCUT2D eigenvalue weighted by atomic mass is 9.92. The highest BCUT2D eigenvalue weighted by atomic mass is 16.1. The molecule has 0 bridgehead atoms. The van der Waals surface area contributed by atoms with E-state index in [1.165, 1.54) is 12.1 Å². The van der Waals surface area contributed by atoms with Crippen LogP contribution in [0.4, 0.5) is 5.69 Å². The van der Waals surface area contributed by atoms with Crippen molar-refractivity contribution in [3.8, 4) is 11.1 Å². The summed E-state index contributed by atoms with van der Waals surface area (Å²) in [6.45, 7) is 0. The Balaban J connectivity index is 2.38. The Kier molecular flexibility index (Phi) is 3.46. The number of fused-ring (bicyclic) bond motifs is 1. The maximum Gasteiger partial charge on any atom is 0.249 e. The molecular formula is C18H15N3O2. The van der Waals surface area contributed by atoms with Gasteiger partial charge < -0.3 is 17.2 Å². The Bertz CT molecular complexity index is 948. The van der Waals surface area contributed by atoms with E-state index in [4.69, 9.17) is 17.2 Å². The van der Waals surface area contributed by atoms with E-state index in [9.17, 15) is 9.59 Å². The van der Waals surface area contributed by atoms with Gasteiger partial charge in [0.1, 0.15) is 0 Å². The van der Waals surface area contributed by atoms with Crippen molar-refractivity contribution >= 4 is 28.3 Å². The van der Waals surface area contributed by atoms with E-state index in [-0.39, 0.29) is 0 Å². The van der Waals surface area contributed by atoms with Gasteiger partial charge in [0.05, 0.1) is 0 Å². The molecule has 0 saturated heterocycles. The summed E-state index contributed by atoms with van der Waals surface area (Å²) in [7, 11) is 0. The quantitative estimate of drug-likeness (QED) is 0.645. The topological polar surface area (TPSA) is 112 Å². The van der Waals surface area contributed by atoms with Crippen molar-refractivity contribution in [1.29, 1.82) is 0 Å². The molecule has 0 atom stereocenters. The molecule has 0 radical (unpaired) electrons. The van der Waals surface area contributed by atoms with Gasteiger partial charge in [-0.25, -0.2) is 0 Å². The molecule has 5 heteroatoms. The smallest absolute Gasteiger partial charge is 0.249 e. The fourth-order valence-corrected chi connectivity index (χ4v) is 2.70. The zero-order chi connectivity index (χ0) is 16.6. The Labute approximate surface area is 132 Å². The number of nitrogens with two attached hydrogens (primary N) is 3. The second-order valence-corrected chi connectivity index (χ2v) is 5.24. The number of amides is 2. The molecule has 114 valence electrons. The summed E-state index contributed by atoms with van der Waals surface area (Å²) in [5.41, 5.74) is 19.4. The first kappa shape index (κ1) is 14.6. The second-order valence-electron chi connectivity index (χ2n) is 5.24. The van der Waals surface area contributed by atoms with Gasteiger partial charge in [-0.15, -0.1) is 0 Å². The lowest BCUT2D eigenvalue weighted by Crippen LogP contribution is -2.15. The maximum absolute atomic E-state index is 11.8. The molecule has 0 aliphatic carbocycles. The molecular weight excluding hydrogens is 290 g/mol. The number of primary amides is 2. The highest BCUT2D eigenvalue weighted by Crippen LogP contribution is 2.33. The third-order valence-corrected chi connectivity index (χ3v) is 3.82. The normalized spacial score (nSPS) is 10.6. The minimum atomic E-state index is -0.572. The standard InChI is InChI=1S/C18H15N3O2/c19-16-6-2-4-11-12(3-1-5-13(11)16)15-9-10(17(20)22)7-8-14(15)18(21)23/h1-9H,19H2,(H2,20,22)(H2,21,23). The first-order chi connectivity index (χ1) is 11.0. The molecule has 2 amide bonds. The molecule has 0 aliphatic heterocycles. The summed E-state index contributed by atoms with van der Waals surface area (Å²) in [5, 5.41) is 1.74. The molecule has 0 heterocycles. The molecule has 0 saturated carbocycles. The third kappa shape index (κ3) is 2.48. The minimum absolute atomic E-state index is 0.311. The monoisotopic (exact) mass is 305 g/mol. The van der Waals surface area contributed by atoms with Crippen molar-refractivity contribution in [2.45, 2.75) is 0 Å². The first-order valence-electron chi connectivity index (χ1n) is 7.00. The molecule has 23 heavy (non-hydrogen) atoms. The number of anilines is 1. The van der Waals surface area contributed by atoms with Gasteiger partial charge in [0.25, 0.3) is 0 Å². The van der Waals surface area contributed by atoms with E-state index in [0.717, 1.165) is 16.3 Å². The van der Waals surface area contributed by atoms with E-state index in [1.807, 2.05) is 30.3 Å². The fraction of sp³-hybridized carbons (Fsp3) is 0. The summed E-state index contributed by atoms with van der Waals surface area (Å²) in [6.07, 6.45) is 0. The van der Waals surface area contributed by atoms with Crippen LogP contribution in [-0.4, -0.2) is 11.8 Å².